The van der Waals surface area contributed by atoms with Gasteiger partial charge in [-0.2, -0.15) is 5.10 Å². The highest BCUT2D eigenvalue weighted by Crippen LogP contribution is 2.10. The SMILES string of the molecule is Cc1nn(C)cc1NC(=O)C=CC(=O)O. The highest BCUT2D eigenvalue weighted by atomic mass is 16.4. The van der Waals surface area contributed by atoms with Gasteiger partial charge in [0.15, 0.2) is 0 Å². The maximum atomic E-state index is 11.2. The fourth-order valence-corrected chi connectivity index (χ4v) is 1.04. The predicted octanol–water partition coefficient (Wildman–Crippen LogP) is 0.308. The van der Waals surface area contributed by atoms with E-state index in [-0.39, 0.29) is 0 Å². The molecule has 0 unspecified atom stereocenters. The minimum absolute atomic E-state index is 0.492. The van der Waals surface area contributed by atoms with E-state index in [1.165, 1.54) is 0 Å². The molecule has 0 aliphatic rings. The number of amides is 1. The highest BCUT2D eigenvalue weighted by Gasteiger charge is 2.05. The molecule has 0 bridgehead atoms. The molecular weight excluding hydrogens is 198 g/mol. The van der Waals surface area contributed by atoms with E-state index in [1.54, 1.807) is 24.9 Å². The van der Waals surface area contributed by atoms with Crippen molar-refractivity contribution in [2.24, 2.45) is 7.05 Å². The summed E-state index contributed by atoms with van der Waals surface area (Å²) in [6.07, 6.45) is 3.37. The van der Waals surface area contributed by atoms with Gasteiger partial charge in [-0.15, -0.1) is 0 Å². The van der Waals surface area contributed by atoms with Crippen LogP contribution in [0.4, 0.5) is 5.69 Å². The molecule has 0 aromatic carbocycles. The number of carbonyl (C=O) groups excluding carboxylic acids is 1. The summed E-state index contributed by atoms with van der Waals surface area (Å²) in [7, 11) is 1.73. The van der Waals surface area contributed by atoms with E-state index in [0.717, 1.165) is 12.2 Å². The predicted molar refractivity (Wildman–Crippen MR) is 53.4 cm³/mol. The molecule has 2 N–H and O–H groups in total. The van der Waals surface area contributed by atoms with E-state index in [1.807, 2.05) is 0 Å². The number of aryl methyl sites for hydroxylation is 2. The van der Waals surface area contributed by atoms with Crippen molar-refractivity contribution in [3.05, 3.63) is 24.0 Å². The largest absolute Gasteiger partial charge is 0.478 e. The number of nitrogens with zero attached hydrogens (tertiary/aromatic N) is 2. The van der Waals surface area contributed by atoms with Gasteiger partial charge in [0.1, 0.15) is 0 Å². The van der Waals surface area contributed by atoms with Gasteiger partial charge in [0.05, 0.1) is 11.4 Å². The van der Waals surface area contributed by atoms with Gasteiger partial charge in [0, 0.05) is 25.4 Å². The number of nitrogens with one attached hydrogen (secondary N) is 1. The Labute approximate surface area is 86.2 Å². The third-order valence-corrected chi connectivity index (χ3v) is 1.65. The monoisotopic (exact) mass is 209 g/mol. The molecule has 0 aliphatic carbocycles. The van der Waals surface area contributed by atoms with Gasteiger partial charge in [-0.3, -0.25) is 9.48 Å². The van der Waals surface area contributed by atoms with Crippen LogP contribution in [-0.2, 0) is 16.6 Å². The third kappa shape index (κ3) is 3.26. The summed E-state index contributed by atoms with van der Waals surface area (Å²) < 4.78 is 1.56. The van der Waals surface area contributed by atoms with Crippen molar-refractivity contribution in [2.75, 3.05) is 5.32 Å². The zero-order valence-corrected chi connectivity index (χ0v) is 8.39. The van der Waals surface area contributed by atoms with E-state index < -0.39 is 11.9 Å². The molecule has 0 radical (unpaired) electrons. The average Bonchev–Trinajstić information content (AvgIpc) is 2.42. The quantitative estimate of drug-likeness (QED) is 0.701. The normalized spacial score (nSPS) is 10.5. The van der Waals surface area contributed by atoms with E-state index in [9.17, 15) is 9.59 Å². The highest BCUT2D eigenvalue weighted by molar-refractivity contribution is 6.02. The summed E-state index contributed by atoms with van der Waals surface area (Å²) in [6, 6.07) is 0. The molecule has 1 aromatic rings. The van der Waals surface area contributed by atoms with Crippen LogP contribution in [0.3, 0.4) is 0 Å². The number of carboxylic acid groups (broad SMARTS) is 1. The fraction of sp³-hybridized carbons (Fsp3) is 0.222. The van der Waals surface area contributed by atoms with Gasteiger partial charge in [-0.25, -0.2) is 4.79 Å². The lowest BCUT2D eigenvalue weighted by atomic mass is 10.4. The van der Waals surface area contributed by atoms with Crippen molar-refractivity contribution in [3.8, 4) is 0 Å². The van der Waals surface area contributed by atoms with Crippen molar-refractivity contribution in [1.29, 1.82) is 0 Å². The number of hydrogen-bond acceptors (Lipinski definition) is 3. The van der Waals surface area contributed by atoms with Crippen LogP contribution in [0.5, 0.6) is 0 Å². The van der Waals surface area contributed by atoms with Crippen molar-refractivity contribution in [3.63, 3.8) is 0 Å². The minimum Gasteiger partial charge on any atom is -0.478 e. The molecule has 6 heteroatoms. The molecule has 1 aromatic heterocycles. The van der Waals surface area contributed by atoms with E-state index >= 15 is 0 Å². The lowest BCUT2D eigenvalue weighted by molar-refractivity contribution is -0.131. The molecule has 1 heterocycles. The molecule has 1 rings (SSSR count). The number of rotatable bonds is 3. The minimum atomic E-state index is -1.16. The summed E-state index contributed by atoms with van der Waals surface area (Å²) in [5, 5.41) is 14.8. The summed E-state index contributed by atoms with van der Waals surface area (Å²) in [4.78, 5) is 21.3. The van der Waals surface area contributed by atoms with Crippen molar-refractivity contribution >= 4 is 17.6 Å². The summed E-state index contributed by atoms with van der Waals surface area (Å²) in [6.45, 7) is 1.75. The fourth-order valence-electron chi connectivity index (χ4n) is 1.04. The van der Waals surface area contributed by atoms with Gasteiger partial charge in [0.2, 0.25) is 5.91 Å². The molecule has 1 amide bonds. The zero-order valence-electron chi connectivity index (χ0n) is 8.39. The Morgan fingerprint density at radius 3 is 2.67 bits per heavy atom. The number of anilines is 1. The van der Waals surface area contributed by atoms with Crippen molar-refractivity contribution in [1.82, 2.24) is 9.78 Å². The van der Waals surface area contributed by atoms with Crippen molar-refractivity contribution in [2.45, 2.75) is 6.92 Å². The first kappa shape index (κ1) is 11.0. The zero-order chi connectivity index (χ0) is 11.4. The third-order valence-electron chi connectivity index (χ3n) is 1.65. The lowest BCUT2D eigenvalue weighted by Gasteiger charge is -1.97. The van der Waals surface area contributed by atoms with Gasteiger partial charge in [0.25, 0.3) is 0 Å². The van der Waals surface area contributed by atoms with Gasteiger partial charge < -0.3 is 10.4 Å². The second-order valence-electron chi connectivity index (χ2n) is 2.96. The second kappa shape index (κ2) is 4.41. The molecular formula is C9H11N3O3. The topological polar surface area (TPSA) is 84.2 Å². The summed E-state index contributed by atoms with van der Waals surface area (Å²) in [5.41, 5.74) is 1.24. The van der Waals surface area contributed by atoms with E-state index in [4.69, 9.17) is 5.11 Å². The van der Waals surface area contributed by atoms with Gasteiger partial charge >= 0.3 is 5.97 Å². The molecule has 0 aliphatic heterocycles. The van der Waals surface area contributed by atoms with Crippen LogP contribution in [0, 0.1) is 6.92 Å². The Hall–Kier alpha value is -2.11. The van der Waals surface area contributed by atoms with Crippen LogP contribution in [0.15, 0.2) is 18.3 Å². The molecule has 0 atom stereocenters. The first-order valence-corrected chi connectivity index (χ1v) is 4.21. The van der Waals surface area contributed by atoms with Crippen LogP contribution < -0.4 is 5.32 Å². The van der Waals surface area contributed by atoms with Crippen LogP contribution in [0.25, 0.3) is 0 Å². The molecule has 0 saturated carbocycles. The number of aliphatic carboxylic acids is 1. The average molecular weight is 209 g/mol. The number of carboxylic acids is 1. The van der Waals surface area contributed by atoms with Crippen LogP contribution >= 0.6 is 0 Å². The number of carbonyl (C=O) groups is 2. The Balaban J connectivity index is 2.66. The second-order valence-corrected chi connectivity index (χ2v) is 2.96. The Morgan fingerprint density at radius 1 is 1.53 bits per heavy atom. The van der Waals surface area contributed by atoms with E-state index in [2.05, 4.69) is 10.4 Å². The smallest absolute Gasteiger partial charge is 0.328 e. The number of aromatic nitrogens is 2. The summed E-state index contributed by atoms with van der Waals surface area (Å²) >= 11 is 0. The molecule has 6 nitrogen and oxygen atoms in total. The van der Waals surface area contributed by atoms with Crippen LogP contribution in [0.2, 0.25) is 0 Å². The van der Waals surface area contributed by atoms with Gasteiger partial charge in [-0.1, -0.05) is 0 Å². The Morgan fingerprint density at radius 2 is 2.20 bits per heavy atom. The van der Waals surface area contributed by atoms with Gasteiger partial charge in [-0.05, 0) is 6.92 Å². The first-order valence-electron chi connectivity index (χ1n) is 4.21. The van der Waals surface area contributed by atoms with Crippen LogP contribution in [-0.4, -0.2) is 26.8 Å². The summed E-state index contributed by atoms with van der Waals surface area (Å²) in [5.74, 6) is -1.65. The first-order chi connectivity index (χ1) is 6.99. The lowest BCUT2D eigenvalue weighted by Crippen LogP contribution is -2.08. The van der Waals surface area contributed by atoms with Crippen LogP contribution in [0.1, 0.15) is 5.69 Å². The number of hydrogen-bond donors (Lipinski definition) is 2. The Kier molecular flexibility index (Phi) is 3.22. The van der Waals surface area contributed by atoms with Crippen molar-refractivity contribution < 1.29 is 14.7 Å². The Bertz CT molecular complexity index is 420. The standard InChI is InChI=1S/C9H11N3O3/c1-6-7(5-12(2)11-6)10-8(13)3-4-9(14)15/h3-5H,1-2H3,(H,10,13)(H,14,15). The maximum Gasteiger partial charge on any atom is 0.328 e. The molecule has 0 fully saturated rings. The maximum absolute atomic E-state index is 11.2. The van der Waals surface area contributed by atoms with E-state index in [0.29, 0.717) is 11.4 Å². The molecule has 0 spiro atoms. The molecule has 80 valence electrons. The molecule has 15 heavy (non-hydrogen) atoms. The molecule has 0 saturated heterocycles.